The maximum Gasteiger partial charge on any atom is 0.294 e. The lowest BCUT2D eigenvalue weighted by molar-refractivity contribution is 0.275. The topological polar surface area (TPSA) is 52.1 Å². The molecule has 1 unspecified atom stereocenters. The molecule has 0 N–H and O–H groups in total. The summed E-state index contributed by atoms with van der Waals surface area (Å²) in [6.07, 6.45) is 1.97. The van der Waals surface area contributed by atoms with Gasteiger partial charge in [0.05, 0.1) is 0 Å². The second-order valence-electron chi connectivity index (χ2n) is 2.19. The van der Waals surface area contributed by atoms with Crippen LogP contribution in [0.3, 0.4) is 0 Å². The molecular weight excluding hydrogens is 176 g/mol. The number of rotatable bonds is 4. The molecule has 1 aromatic heterocycles. The van der Waals surface area contributed by atoms with Gasteiger partial charge in [0.1, 0.15) is 5.01 Å². The van der Waals surface area contributed by atoms with Gasteiger partial charge in [0.15, 0.2) is 6.10 Å². The molecule has 5 heteroatoms. The van der Waals surface area contributed by atoms with Crippen molar-refractivity contribution in [3.8, 4) is 5.19 Å². The van der Waals surface area contributed by atoms with Gasteiger partial charge in [0, 0.05) is 0 Å². The Morgan fingerprint density at radius 2 is 2.42 bits per heavy atom. The van der Waals surface area contributed by atoms with Gasteiger partial charge in [0.2, 0.25) is 6.29 Å². The van der Waals surface area contributed by atoms with Crippen molar-refractivity contribution in [1.29, 1.82) is 0 Å². The molecule has 1 aromatic rings. The summed E-state index contributed by atoms with van der Waals surface area (Å²) in [4.78, 5) is 10.1. The second kappa shape index (κ2) is 4.15. The first kappa shape index (κ1) is 9.12. The summed E-state index contributed by atoms with van der Waals surface area (Å²) in [5.74, 6) is 0. The van der Waals surface area contributed by atoms with Crippen LogP contribution in [0.5, 0.6) is 5.19 Å². The van der Waals surface area contributed by atoms with Gasteiger partial charge < -0.3 is 4.74 Å². The fraction of sp³-hybridized carbons (Fsp3) is 0.571. The molecule has 0 spiro atoms. The Kier molecular flexibility index (Phi) is 3.16. The average molecular weight is 185 g/mol. The van der Waals surface area contributed by atoms with Crippen LogP contribution in [0.2, 0.25) is 0 Å². The van der Waals surface area contributed by atoms with Crippen LogP contribution in [-0.4, -0.2) is 22.6 Å². The smallest absolute Gasteiger partial charge is 0.294 e. The number of hydrogen-bond acceptors (Lipinski definition) is 5. The van der Waals surface area contributed by atoms with Crippen LogP contribution in [0.15, 0.2) is 0 Å². The molecule has 0 aliphatic carbocycles. The third-order valence-electron chi connectivity index (χ3n) is 1.19. The van der Waals surface area contributed by atoms with Crippen molar-refractivity contribution in [2.45, 2.75) is 26.4 Å². The van der Waals surface area contributed by atoms with Gasteiger partial charge in [-0.05, 0) is 13.3 Å². The normalized spacial score (nSPS) is 12.5. The van der Waals surface area contributed by atoms with Crippen molar-refractivity contribution in [3.63, 3.8) is 0 Å². The number of ether oxygens (including phenoxy) is 1. The Labute approximate surface area is 74.6 Å². The van der Waals surface area contributed by atoms with Crippen LogP contribution >= 0.6 is 11.3 Å². The van der Waals surface area contributed by atoms with E-state index in [9.17, 15) is 4.79 Å². The van der Waals surface area contributed by atoms with Crippen molar-refractivity contribution in [2.24, 2.45) is 0 Å². The molecular formula is C7H9N2O2S. The molecule has 1 radical (unpaired) electrons. The summed E-state index contributed by atoms with van der Waals surface area (Å²) >= 11 is 1.35. The zero-order valence-corrected chi connectivity index (χ0v) is 7.72. The fourth-order valence-electron chi connectivity index (χ4n) is 0.604. The van der Waals surface area contributed by atoms with Crippen molar-refractivity contribution < 1.29 is 9.53 Å². The monoisotopic (exact) mass is 185 g/mol. The lowest BCUT2D eigenvalue weighted by Gasteiger charge is -2.00. The molecule has 4 nitrogen and oxygen atoms in total. The van der Waals surface area contributed by atoms with E-state index in [1.165, 1.54) is 11.3 Å². The molecule has 0 amide bonds. The lowest BCUT2D eigenvalue weighted by Crippen LogP contribution is -2.12. The minimum Gasteiger partial charge on any atom is -0.457 e. The molecule has 1 atom stereocenters. The van der Waals surface area contributed by atoms with Crippen LogP contribution < -0.4 is 4.74 Å². The van der Waals surface area contributed by atoms with Crippen LogP contribution in [0.25, 0.3) is 0 Å². The van der Waals surface area contributed by atoms with Crippen LogP contribution in [0.1, 0.15) is 18.9 Å². The lowest BCUT2D eigenvalue weighted by atomic mass is 10.5. The van der Waals surface area contributed by atoms with Gasteiger partial charge >= 0.3 is 0 Å². The van der Waals surface area contributed by atoms with Crippen molar-refractivity contribution in [2.75, 3.05) is 0 Å². The molecule has 1 heterocycles. The summed E-state index contributed by atoms with van der Waals surface area (Å²) < 4.78 is 5.07. The van der Waals surface area contributed by atoms with Crippen LogP contribution in [0, 0.1) is 0 Å². The molecule has 0 bridgehead atoms. The summed E-state index contributed by atoms with van der Waals surface area (Å²) in [6.45, 7) is 3.60. The molecule has 0 saturated heterocycles. The molecule has 0 aromatic carbocycles. The number of nitrogens with zero attached hydrogens (tertiary/aromatic N) is 2. The van der Waals surface area contributed by atoms with E-state index in [1.54, 1.807) is 13.2 Å². The largest absolute Gasteiger partial charge is 0.457 e. The Morgan fingerprint density at radius 3 is 2.92 bits per heavy atom. The Bertz CT molecular complexity index is 262. The Hall–Kier alpha value is -0.970. The third-order valence-corrected chi connectivity index (χ3v) is 2.15. The van der Waals surface area contributed by atoms with E-state index < -0.39 is 6.10 Å². The molecule has 65 valence electrons. The van der Waals surface area contributed by atoms with Gasteiger partial charge in [-0.15, -0.1) is 10.2 Å². The predicted octanol–water partition coefficient (Wildman–Crippen LogP) is 0.978. The van der Waals surface area contributed by atoms with Crippen LogP contribution in [0.4, 0.5) is 0 Å². The zero-order chi connectivity index (χ0) is 8.97. The molecule has 0 aliphatic heterocycles. The van der Waals surface area contributed by atoms with Gasteiger partial charge in [0.25, 0.3) is 5.19 Å². The Balaban J connectivity index is 2.57. The van der Waals surface area contributed by atoms with E-state index in [2.05, 4.69) is 10.2 Å². The highest BCUT2D eigenvalue weighted by Crippen LogP contribution is 2.18. The molecule has 12 heavy (non-hydrogen) atoms. The maximum atomic E-state index is 10.1. The highest BCUT2D eigenvalue weighted by Gasteiger charge is 2.07. The molecule has 0 aliphatic rings. The maximum absolute atomic E-state index is 10.1. The first-order valence-electron chi connectivity index (χ1n) is 3.63. The SMILES string of the molecule is CCc1nnc(OC(C)[C]=O)s1. The van der Waals surface area contributed by atoms with Gasteiger partial charge in [-0.2, -0.15) is 0 Å². The fourth-order valence-corrected chi connectivity index (χ4v) is 1.31. The predicted molar refractivity (Wildman–Crippen MR) is 45.1 cm³/mol. The van der Waals surface area contributed by atoms with Crippen molar-refractivity contribution in [1.82, 2.24) is 10.2 Å². The zero-order valence-electron chi connectivity index (χ0n) is 6.90. The summed E-state index contributed by atoms with van der Waals surface area (Å²) in [5, 5.41) is 8.92. The van der Waals surface area contributed by atoms with E-state index in [-0.39, 0.29) is 0 Å². The second-order valence-corrected chi connectivity index (χ2v) is 3.22. The third kappa shape index (κ3) is 2.27. The van der Waals surface area contributed by atoms with E-state index in [0.29, 0.717) is 5.19 Å². The van der Waals surface area contributed by atoms with E-state index >= 15 is 0 Å². The number of hydrogen-bond donors (Lipinski definition) is 0. The minimum absolute atomic E-state index is 0.433. The highest BCUT2D eigenvalue weighted by molar-refractivity contribution is 7.13. The molecule has 0 saturated carbocycles. The van der Waals surface area contributed by atoms with Gasteiger partial charge in [-0.25, -0.2) is 0 Å². The first-order valence-corrected chi connectivity index (χ1v) is 4.44. The average Bonchev–Trinajstić information content (AvgIpc) is 2.52. The van der Waals surface area contributed by atoms with Gasteiger partial charge in [-0.1, -0.05) is 18.3 Å². The van der Waals surface area contributed by atoms with E-state index in [1.807, 2.05) is 6.92 Å². The van der Waals surface area contributed by atoms with Crippen molar-refractivity contribution >= 4 is 17.6 Å². The van der Waals surface area contributed by atoms with Gasteiger partial charge in [-0.3, -0.25) is 4.79 Å². The standard InChI is InChI=1S/C7H9N2O2S/c1-3-6-8-9-7(12-6)11-5(2)4-10/h5H,3H2,1-2H3. The minimum atomic E-state index is -0.567. The molecule has 0 fully saturated rings. The van der Waals surface area contributed by atoms with Crippen molar-refractivity contribution in [3.05, 3.63) is 5.01 Å². The summed E-state index contributed by atoms with van der Waals surface area (Å²) in [6, 6.07) is 0. The quantitative estimate of drug-likeness (QED) is 0.701. The number of carbonyl (C=O) groups excluding carboxylic acids is 1. The number of aryl methyl sites for hydroxylation is 1. The summed E-state index contributed by atoms with van der Waals surface area (Å²) in [5.41, 5.74) is 0. The van der Waals surface area contributed by atoms with E-state index in [0.717, 1.165) is 11.4 Å². The highest BCUT2D eigenvalue weighted by atomic mass is 32.1. The summed E-state index contributed by atoms with van der Waals surface area (Å²) in [7, 11) is 0. The first-order chi connectivity index (χ1) is 5.76. The Morgan fingerprint density at radius 1 is 1.67 bits per heavy atom. The molecule has 1 rings (SSSR count). The number of aromatic nitrogens is 2. The van der Waals surface area contributed by atoms with Crippen LogP contribution in [-0.2, 0) is 11.2 Å². The van der Waals surface area contributed by atoms with E-state index in [4.69, 9.17) is 4.74 Å².